The number of benzene rings is 2. The predicted molar refractivity (Wildman–Crippen MR) is 135 cm³/mol. The summed E-state index contributed by atoms with van der Waals surface area (Å²) >= 11 is 6.16. The fourth-order valence-corrected chi connectivity index (χ4v) is 3.56. The van der Waals surface area contributed by atoms with Gasteiger partial charge in [0, 0.05) is 55.1 Å². The van der Waals surface area contributed by atoms with Gasteiger partial charge < -0.3 is 15.6 Å². The van der Waals surface area contributed by atoms with E-state index < -0.39 is 0 Å². The van der Waals surface area contributed by atoms with Crippen LogP contribution in [-0.4, -0.2) is 29.6 Å². The highest BCUT2D eigenvalue weighted by Crippen LogP contribution is 2.23. The lowest BCUT2D eigenvalue weighted by Gasteiger charge is -2.05. The lowest BCUT2D eigenvalue weighted by Crippen LogP contribution is -2.23. The van der Waals surface area contributed by atoms with Crippen LogP contribution in [0.3, 0.4) is 0 Å². The molecule has 3 aromatic rings. The van der Waals surface area contributed by atoms with Gasteiger partial charge in [0.2, 0.25) is 11.8 Å². The van der Waals surface area contributed by atoms with Crippen molar-refractivity contribution in [1.82, 2.24) is 15.6 Å². The van der Waals surface area contributed by atoms with Crippen molar-refractivity contribution in [2.75, 3.05) is 6.54 Å². The Balaban J connectivity index is 1.40. The van der Waals surface area contributed by atoms with Crippen LogP contribution in [0.25, 0.3) is 10.9 Å². The molecule has 0 aliphatic heterocycles. The van der Waals surface area contributed by atoms with Crippen LogP contribution >= 0.6 is 11.6 Å². The summed E-state index contributed by atoms with van der Waals surface area (Å²) < 4.78 is 0. The number of halogens is 1. The molecule has 0 unspecified atom stereocenters. The number of carbonyl (C=O) groups excluding carboxylic acids is 2. The number of nitrogens with zero attached hydrogens (tertiary/aromatic N) is 1. The minimum absolute atomic E-state index is 0.00692. The van der Waals surface area contributed by atoms with Crippen molar-refractivity contribution in [2.45, 2.75) is 39.7 Å². The van der Waals surface area contributed by atoms with Crippen LogP contribution in [-0.2, 0) is 29.0 Å². The summed E-state index contributed by atoms with van der Waals surface area (Å²) in [5, 5.41) is 7.32. The molecule has 172 valence electrons. The number of H-pyrrole nitrogens is 1. The maximum absolute atomic E-state index is 12.3. The van der Waals surface area contributed by atoms with E-state index in [1.165, 1.54) is 18.1 Å². The normalized spacial score (nSPS) is 11.8. The molecular formula is C26H29ClN4O2. The Morgan fingerprint density at radius 2 is 1.70 bits per heavy atom. The highest BCUT2D eigenvalue weighted by molar-refractivity contribution is 6.35. The zero-order valence-electron chi connectivity index (χ0n) is 19.0. The molecule has 6 nitrogen and oxygen atoms in total. The van der Waals surface area contributed by atoms with Crippen LogP contribution in [0.4, 0.5) is 0 Å². The van der Waals surface area contributed by atoms with Crippen LogP contribution in [0, 0.1) is 0 Å². The zero-order chi connectivity index (χ0) is 23.6. The van der Waals surface area contributed by atoms with Crippen molar-refractivity contribution in [1.29, 1.82) is 0 Å². The number of fused-ring (bicyclic) bond motifs is 1. The average molecular weight is 465 g/mol. The monoisotopic (exact) mass is 464 g/mol. The number of aromatic amines is 1. The number of hydrogen-bond donors (Lipinski definition) is 3. The van der Waals surface area contributed by atoms with E-state index in [0.29, 0.717) is 23.7 Å². The summed E-state index contributed by atoms with van der Waals surface area (Å²) in [5.41, 5.74) is 4.92. The van der Waals surface area contributed by atoms with Gasteiger partial charge in [-0.25, -0.2) is 0 Å². The van der Waals surface area contributed by atoms with E-state index in [2.05, 4.69) is 44.9 Å². The second-order valence-electron chi connectivity index (χ2n) is 7.93. The van der Waals surface area contributed by atoms with Gasteiger partial charge in [0.25, 0.3) is 0 Å². The number of rotatable bonds is 10. The smallest absolute Gasteiger partial charge is 0.248 e. The molecule has 2 amide bonds. The first kappa shape index (κ1) is 24.3. The van der Waals surface area contributed by atoms with Gasteiger partial charge in [-0.1, -0.05) is 41.9 Å². The molecule has 0 fully saturated rings. The largest absolute Gasteiger partial charge is 0.360 e. The van der Waals surface area contributed by atoms with Gasteiger partial charge in [0.1, 0.15) is 0 Å². The summed E-state index contributed by atoms with van der Waals surface area (Å²) in [4.78, 5) is 30.6. The van der Waals surface area contributed by atoms with E-state index in [1.54, 1.807) is 19.3 Å². The molecule has 0 aliphatic carbocycles. The minimum atomic E-state index is -0.151. The van der Waals surface area contributed by atoms with Crippen molar-refractivity contribution in [3.8, 4) is 0 Å². The molecule has 3 rings (SSSR count). The topological polar surface area (TPSA) is 86.3 Å². The van der Waals surface area contributed by atoms with Crippen molar-refractivity contribution in [3.63, 3.8) is 0 Å². The van der Waals surface area contributed by atoms with Gasteiger partial charge in [0.15, 0.2) is 0 Å². The van der Waals surface area contributed by atoms with Crippen molar-refractivity contribution >= 4 is 40.5 Å². The molecule has 0 aliphatic rings. The quantitative estimate of drug-likeness (QED) is 0.299. The number of aliphatic imine (C=N–C) groups is 1. The maximum Gasteiger partial charge on any atom is 0.248 e. The van der Waals surface area contributed by atoms with Crippen molar-refractivity contribution in [2.24, 2.45) is 4.99 Å². The fraction of sp³-hybridized carbons (Fsp3) is 0.269. The minimum Gasteiger partial charge on any atom is -0.360 e. The summed E-state index contributed by atoms with van der Waals surface area (Å²) in [6.07, 6.45) is 7.65. The Morgan fingerprint density at radius 1 is 1.00 bits per heavy atom. The lowest BCUT2D eigenvalue weighted by atomic mass is 10.1. The van der Waals surface area contributed by atoms with Crippen LogP contribution in [0.1, 0.15) is 37.0 Å². The second-order valence-corrected chi connectivity index (χ2v) is 8.34. The van der Waals surface area contributed by atoms with Gasteiger partial charge >= 0.3 is 0 Å². The molecule has 7 heteroatoms. The summed E-state index contributed by atoms with van der Waals surface area (Å²) in [7, 11) is 0. The number of carbonyl (C=O) groups is 2. The summed E-state index contributed by atoms with van der Waals surface area (Å²) in [6, 6.07) is 14.3. The molecule has 1 heterocycles. The number of aryl methyl sites for hydroxylation is 1. The summed E-state index contributed by atoms with van der Waals surface area (Å²) in [5.74, 6) is -0.158. The van der Waals surface area contributed by atoms with E-state index >= 15 is 0 Å². The highest BCUT2D eigenvalue weighted by atomic mass is 35.5. The van der Waals surface area contributed by atoms with Crippen LogP contribution in [0.5, 0.6) is 0 Å². The molecule has 2 aromatic carbocycles. The maximum atomic E-state index is 12.3. The molecule has 0 radical (unpaired) electrons. The standard InChI is InChI=1S/C26H29ClN4O2/c1-18(26(33)31-16-22-9-10-25-23(14-22)24(27)17-30-25)15-28-12-3-4-20-5-7-21(8-6-20)11-13-29-19(2)32/h5-10,12,14-15,17,30H,3-4,11,13,16H2,1-2H3,(H,29,32)(H,31,33)/b18-15+,28-12?. The summed E-state index contributed by atoms with van der Waals surface area (Å²) in [6.45, 7) is 4.34. The molecule has 0 bridgehead atoms. The first-order chi connectivity index (χ1) is 15.9. The third-order valence-electron chi connectivity index (χ3n) is 5.25. The Hall–Kier alpha value is -3.38. The van der Waals surface area contributed by atoms with Gasteiger partial charge in [-0.15, -0.1) is 0 Å². The molecule has 0 saturated heterocycles. The Kier molecular flexibility index (Phi) is 8.84. The third kappa shape index (κ3) is 7.61. The van der Waals surface area contributed by atoms with Gasteiger partial charge in [-0.3, -0.25) is 14.6 Å². The first-order valence-corrected chi connectivity index (χ1v) is 11.3. The second kappa shape index (κ2) is 12.0. The molecule has 0 spiro atoms. The predicted octanol–water partition coefficient (Wildman–Crippen LogP) is 4.72. The van der Waals surface area contributed by atoms with Crippen LogP contribution < -0.4 is 10.6 Å². The Bertz CT molecular complexity index is 1160. The number of aromatic nitrogens is 1. The van der Waals surface area contributed by atoms with Crippen molar-refractivity contribution in [3.05, 3.63) is 82.1 Å². The average Bonchev–Trinajstić information content (AvgIpc) is 3.18. The molecular weight excluding hydrogens is 436 g/mol. The van der Waals surface area contributed by atoms with E-state index in [4.69, 9.17) is 11.6 Å². The van der Waals surface area contributed by atoms with Gasteiger partial charge in [-0.05, 0) is 55.0 Å². The number of hydrogen-bond acceptors (Lipinski definition) is 3. The van der Waals surface area contributed by atoms with Gasteiger partial charge in [-0.2, -0.15) is 0 Å². The SMILES string of the molecule is CC(=O)NCCc1ccc(CCC=N/C=C(\C)C(=O)NCc2ccc3[nH]cc(Cl)c3c2)cc1. The van der Waals surface area contributed by atoms with Crippen molar-refractivity contribution < 1.29 is 9.59 Å². The van der Waals surface area contributed by atoms with Gasteiger partial charge in [0.05, 0.1) is 5.02 Å². The Morgan fingerprint density at radius 3 is 2.42 bits per heavy atom. The zero-order valence-corrected chi connectivity index (χ0v) is 19.7. The van der Waals surface area contributed by atoms with Crippen LogP contribution in [0.15, 0.2) is 65.4 Å². The third-order valence-corrected chi connectivity index (χ3v) is 5.57. The number of amides is 2. The highest BCUT2D eigenvalue weighted by Gasteiger charge is 2.06. The fourth-order valence-electron chi connectivity index (χ4n) is 3.35. The first-order valence-electron chi connectivity index (χ1n) is 11.0. The molecule has 0 saturated carbocycles. The van der Waals surface area contributed by atoms with E-state index in [9.17, 15) is 9.59 Å². The lowest BCUT2D eigenvalue weighted by molar-refractivity contribution is -0.119. The van der Waals surface area contributed by atoms with E-state index in [1.807, 2.05) is 24.4 Å². The van der Waals surface area contributed by atoms with Crippen LogP contribution in [0.2, 0.25) is 5.02 Å². The Labute approximate surface area is 199 Å². The molecule has 3 N–H and O–H groups in total. The van der Waals surface area contributed by atoms with E-state index in [-0.39, 0.29) is 11.8 Å². The molecule has 1 aromatic heterocycles. The molecule has 33 heavy (non-hydrogen) atoms. The number of nitrogens with one attached hydrogen (secondary N) is 3. The molecule has 0 atom stereocenters. The van der Waals surface area contributed by atoms with E-state index in [0.717, 1.165) is 35.7 Å².